The zero-order chi connectivity index (χ0) is 20.1. The SMILES string of the molecule is CC(C)NS(=O)(=O)Cc1ccc(CC(C)NS(=O)(=O)c2ccccc2)cc1. The largest absolute Gasteiger partial charge is 0.240 e. The van der Waals surface area contributed by atoms with E-state index >= 15 is 0 Å². The van der Waals surface area contributed by atoms with E-state index in [4.69, 9.17) is 0 Å². The zero-order valence-electron chi connectivity index (χ0n) is 15.7. The van der Waals surface area contributed by atoms with Gasteiger partial charge in [0.1, 0.15) is 0 Å². The lowest BCUT2D eigenvalue weighted by molar-refractivity contribution is 0.559. The van der Waals surface area contributed by atoms with Crippen molar-refractivity contribution in [1.29, 1.82) is 0 Å². The quantitative estimate of drug-likeness (QED) is 0.664. The Morgan fingerprint density at radius 3 is 1.89 bits per heavy atom. The number of nitrogens with one attached hydrogen (secondary N) is 2. The molecule has 8 heteroatoms. The third-order valence-corrected chi connectivity index (χ3v) is 6.90. The van der Waals surface area contributed by atoms with Crippen molar-refractivity contribution in [1.82, 2.24) is 9.44 Å². The Labute approximate surface area is 162 Å². The first-order valence-electron chi connectivity index (χ1n) is 8.72. The fraction of sp³-hybridized carbons (Fsp3) is 0.368. The summed E-state index contributed by atoms with van der Waals surface area (Å²) in [5.74, 6) is -0.0817. The van der Waals surface area contributed by atoms with E-state index in [1.165, 1.54) is 0 Å². The molecule has 0 aliphatic rings. The highest BCUT2D eigenvalue weighted by Gasteiger charge is 2.17. The van der Waals surface area contributed by atoms with Crippen LogP contribution in [-0.2, 0) is 32.2 Å². The minimum Gasteiger partial charge on any atom is -0.212 e. The summed E-state index contributed by atoms with van der Waals surface area (Å²) < 4.78 is 53.9. The van der Waals surface area contributed by atoms with E-state index < -0.39 is 20.0 Å². The van der Waals surface area contributed by atoms with Crippen LogP contribution in [0.4, 0.5) is 0 Å². The molecule has 0 amide bonds. The molecular formula is C19H26N2O4S2. The van der Waals surface area contributed by atoms with Crippen molar-refractivity contribution in [2.75, 3.05) is 0 Å². The van der Waals surface area contributed by atoms with Crippen LogP contribution in [0.2, 0.25) is 0 Å². The third-order valence-electron chi connectivity index (χ3n) is 3.75. The topological polar surface area (TPSA) is 92.3 Å². The van der Waals surface area contributed by atoms with Crippen LogP contribution in [-0.4, -0.2) is 28.9 Å². The summed E-state index contributed by atoms with van der Waals surface area (Å²) in [5, 5.41) is 0. The Morgan fingerprint density at radius 1 is 0.778 bits per heavy atom. The molecule has 2 rings (SSSR count). The second kappa shape index (κ2) is 8.97. The summed E-state index contributed by atoms with van der Waals surface area (Å²) >= 11 is 0. The zero-order valence-corrected chi connectivity index (χ0v) is 17.3. The standard InChI is InChI=1S/C19H26N2O4S2/c1-15(2)20-26(22,23)14-18-11-9-17(10-12-18)13-16(3)21-27(24,25)19-7-5-4-6-8-19/h4-12,15-16,20-21H,13-14H2,1-3H3. The van der Waals surface area contributed by atoms with Crippen molar-refractivity contribution in [3.8, 4) is 0 Å². The van der Waals surface area contributed by atoms with Gasteiger partial charge in [-0.25, -0.2) is 26.3 Å². The van der Waals surface area contributed by atoms with Crippen LogP contribution >= 0.6 is 0 Å². The first-order valence-corrected chi connectivity index (χ1v) is 11.9. The van der Waals surface area contributed by atoms with E-state index in [0.29, 0.717) is 12.0 Å². The van der Waals surface area contributed by atoms with E-state index in [1.807, 2.05) is 12.1 Å². The highest BCUT2D eigenvalue weighted by Crippen LogP contribution is 2.12. The number of hydrogen-bond donors (Lipinski definition) is 2. The van der Waals surface area contributed by atoms with Gasteiger partial charge in [-0.1, -0.05) is 42.5 Å². The molecule has 0 aromatic heterocycles. The van der Waals surface area contributed by atoms with Crippen LogP contribution < -0.4 is 9.44 Å². The highest BCUT2D eigenvalue weighted by molar-refractivity contribution is 7.89. The number of sulfonamides is 2. The van der Waals surface area contributed by atoms with Gasteiger partial charge in [-0.3, -0.25) is 0 Å². The lowest BCUT2D eigenvalue weighted by Gasteiger charge is -2.15. The van der Waals surface area contributed by atoms with Gasteiger partial charge in [-0.15, -0.1) is 0 Å². The average molecular weight is 411 g/mol. The predicted molar refractivity (Wildman–Crippen MR) is 107 cm³/mol. The normalized spacial score (nSPS) is 13.6. The number of hydrogen-bond acceptors (Lipinski definition) is 4. The molecule has 2 aromatic carbocycles. The van der Waals surface area contributed by atoms with Crippen molar-refractivity contribution in [3.05, 3.63) is 65.7 Å². The smallest absolute Gasteiger partial charge is 0.212 e. The molecule has 0 heterocycles. The maximum atomic E-state index is 12.3. The summed E-state index contributed by atoms with van der Waals surface area (Å²) in [7, 11) is -6.93. The molecule has 2 N–H and O–H groups in total. The Morgan fingerprint density at radius 2 is 1.33 bits per heavy atom. The fourth-order valence-electron chi connectivity index (χ4n) is 2.72. The lowest BCUT2D eigenvalue weighted by Crippen LogP contribution is -2.34. The van der Waals surface area contributed by atoms with Crippen molar-refractivity contribution in [3.63, 3.8) is 0 Å². The average Bonchev–Trinajstić information content (AvgIpc) is 2.55. The van der Waals surface area contributed by atoms with Crippen LogP contribution in [0, 0.1) is 0 Å². The van der Waals surface area contributed by atoms with Gasteiger partial charge in [-0.05, 0) is 50.5 Å². The summed E-state index contributed by atoms with van der Waals surface area (Å²) in [6.45, 7) is 5.35. The Balaban J connectivity index is 1.98. The molecular weight excluding hydrogens is 384 g/mol. The monoisotopic (exact) mass is 410 g/mol. The first-order chi connectivity index (χ1) is 12.6. The summed E-state index contributed by atoms with van der Waals surface area (Å²) in [6, 6.07) is 15.0. The molecule has 0 saturated carbocycles. The molecule has 6 nitrogen and oxygen atoms in total. The maximum absolute atomic E-state index is 12.3. The van der Waals surface area contributed by atoms with Gasteiger partial charge < -0.3 is 0 Å². The van der Waals surface area contributed by atoms with Crippen LogP contribution in [0.1, 0.15) is 31.9 Å². The third kappa shape index (κ3) is 7.06. The Kier molecular flexibility index (Phi) is 7.16. The minimum atomic E-state index is -3.56. The molecule has 1 unspecified atom stereocenters. The molecule has 0 saturated heterocycles. The molecule has 27 heavy (non-hydrogen) atoms. The van der Waals surface area contributed by atoms with E-state index in [1.54, 1.807) is 63.2 Å². The van der Waals surface area contributed by atoms with Crippen molar-refractivity contribution < 1.29 is 16.8 Å². The van der Waals surface area contributed by atoms with E-state index in [-0.39, 0.29) is 22.7 Å². The van der Waals surface area contributed by atoms with Gasteiger partial charge in [-0.2, -0.15) is 0 Å². The second-order valence-corrected chi connectivity index (χ2v) is 10.4. The predicted octanol–water partition coefficient (Wildman–Crippen LogP) is 2.42. The maximum Gasteiger partial charge on any atom is 0.240 e. The number of rotatable bonds is 9. The van der Waals surface area contributed by atoms with Gasteiger partial charge in [0, 0.05) is 12.1 Å². The highest BCUT2D eigenvalue weighted by atomic mass is 32.2. The van der Waals surface area contributed by atoms with Crippen LogP contribution in [0.5, 0.6) is 0 Å². The fourth-order valence-corrected chi connectivity index (χ4v) is 5.42. The summed E-state index contributed by atoms with van der Waals surface area (Å²) in [5.41, 5.74) is 1.61. The van der Waals surface area contributed by atoms with E-state index in [2.05, 4.69) is 9.44 Å². The van der Waals surface area contributed by atoms with Gasteiger partial charge in [0.05, 0.1) is 10.6 Å². The number of benzene rings is 2. The van der Waals surface area contributed by atoms with Gasteiger partial charge in [0.15, 0.2) is 0 Å². The van der Waals surface area contributed by atoms with E-state index in [9.17, 15) is 16.8 Å². The van der Waals surface area contributed by atoms with Crippen molar-refractivity contribution in [2.45, 2.75) is 49.9 Å². The molecule has 0 aliphatic heterocycles. The molecule has 148 valence electrons. The molecule has 0 spiro atoms. The molecule has 0 fully saturated rings. The molecule has 1 atom stereocenters. The molecule has 2 aromatic rings. The molecule has 0 aliphatic carbocycles. The first kappa shape index (κ1) is 21.6. The van der Waals surface area contributed by atoms with E-state index in [0.717, 1.165) is 5.56 Å². The van der Waals surface area contributed by atoms with Crippen molar-refractivity contribution >= 4 is 20.0 Å². The van der Waals surface area contributed by atoms with Gasteiger partial charge in [0.2, 0.25) is 20.0 Å². The van der Waals surface area contributed by atoms with Crippen molar-refractivity contribution in [2.24, 2.45) is 0 Å². The van der Waals surface area contributed by atoms with Gasteiger partial charge >= 0.3 is 0 Å². The summed E-state index contributed by atoms with van der Waals surface area (Å²) in [6.07, 6.45) is 0.503. The van der Waals surface area contributed by atoms with Gasteiger partial charge in [0.25, 0.3) is 0 Å². The molecule has 0 bridgehead atoms. The summed E-state index contributed by atoms with van der Waals surface area (Å²) in [4.78, 5) is 0.232. The molecule has 0 radical (unpaired) electrons. The van der Waals surface area contributed by atoms with Crippen LogP contribution in [0.25, 0.3) is 0 Å². The minimum absolute atomic E-state index is 0.0817. The van der Waals surface area contributed by atoms with Crippen LogP contribution in [0.15, 0.2) is 59.5 Å². The Hall–Kier alpha value is -1.74. The van der Waals surface area contributed by atoms with Crippen LogP contribution in [0.3, 0.4) is 0 Å². The lowest BCUT2D eigenvalue weighted by atomic mass is 10.1. The second-order valence-electron chi connectivity index (χ2n) is 6.89. The Bertz CT molecular complexity index is 939.